The second-order valence-electron chi connectivity index (χ2n) is 7.28. The van der Waals surface area contributed by atoms with Crippen LogP contribution in [0.1, 0.15) is 32.5 Å². The molecule has 130 valence electrons. The smallest absolute Gasteiger partial charge is 0.223 e. The molecule has 0 unspecified atom stereocenters. The second-order valence-corrected chi connectivity index (χ2v) is 7.28. The second kappa shape index (κ2) is 5.77. The van der Waals surface area contributed by atoms with Crippen LogP contribution in [-0.2, 0) is 17.9 Å². The summed E-state index contributed by atoms with van der Waals surface area (Å²) in [6.07, 6.45) is 5.36. The molecule has 0 saturated heterocycles. The van der Waals surface area contributed by atoms with Gasteiger partial charge in [0.05, 0.1) is 35.9 Å². The predicted octanol–water partition coefficient (Wildman–Crippen LogP) is 1.78. The summed E-state index contributed by atoms with van der Waals surface area (Å²) in [5.74, 6) is 0.922. The van der Waals surface area contributed by atoms with Crippen molar-refractivity contribution >= 4 is 28.0 Å². The Hall–Kier alpha value is -2.54. The molecule has 1 aliphatic carbocycles. The summed E-state index contributed by atoms with van der Waals surface area (Å²) >= 11 is 0. The average molecular weight is 339 g/mol. The first-order valence-corrected chi connectivity index (χ1v) is 8.51. The SMILES string of the molecule is CC(C)(O)Cn1c(CNC(=O)C2CC2)nc2cnc3cccnc3c21. The van der Waals surface area contributed by atoms with Gasteiger partial charge in [-0.25, -0.2) is 4.98 Å². The number of pyridine rings is 2. The molecule has 0 aromatic carbocycles. The summed E-state index contributed by atoms with van der Waals surface area (Å²) in [6, 6.07) is 3.74. The summed E-state index contributed by atoms with van der Waals surface area (Å²) in [4.78, 5) is 25.5. The Bertz CT molecular complexity index is 953. The van der Waals surface area contributed by atoms with E-state index in [1.807, 2.05) is 16.7 Å². The molecule has 4 rings (SSSR count). The van der Waals surface area contributed by atoms with Crippen LogP contribution in [-0.4, -0.2) is 36.1 Å². The number of aliphatic hydroxyl groups is 1. The molecule has 3 heterocycles. The van der Waals surface area contributed by atoms with Gasteiger partial charge in [0, 0.05) is 12.1 Å². The van der Waals surface area contributed by atoms with Gasteiger partial charge in [0.1, 0.15) is 16.9 Å². The van der Waals surface area contributed by atoms with Gasteiger partial charge < -0.3 is 15.0 Å². The van der Waals surface area contributed by atoms with Crippen LogP contribution in [0.25, 0.3) is 22.1 Å². The number of imidazole rings is 1. The molecule has 25 heavy (non-hydrogen) atoms. The van der Waals surface area contributed by atoms with Gasteiger partial charge in [-0.05, 0) is 38.8 Å². The Balaban J connectivity index is 1.81. The van der Waals surface area contributed by atoms with E-state index in [-0.39, 0.29) is 11.8 Å². The van der Waals surface area contributed by atoms with Crippen LogP contribution >= 0.6 is 0 Å². The number of nitrogens with zero attached hydrogens (tertiary/aromatic N) is 4. The first-order valence-electron chi connectivity index (χ1n) is 8.51. The lowest BCUT2D eigenvalue weighted by Gasteiger charge is -2.20. The van der Waals surface area contributed by atoms with E-state index in [0.29, 0.717) is 24.4 Å². The van der Waals surface area contributed by atoms with Crippen LogP contribution < -0.4 is 5.32 Å². The quantitative estimate of drug-likeness (QED) is 0.739. The van der Waals surface area contributed by atoms with E-state index in [1.165, 1.54) is 0 Å². The standard InChI is InChI=1S/C18H21N5O2/c1-18(2,25)10-23-14(9-21-17(24)11-5-6-11)22-13-8-20-12-4-3-7-19-15(12)16(13)23/h3-4,7-8,11,25H,5-6,9-10H2,1-2H3,(H,21,24). The van der Waals surface area contributed by atoms with Crippen molar-refractivity contribution in [3.63, 3.8) is 0 Å². The Kier molecular flexibility index (Phi) is 3.68. The van der Waals surface area contributed by atoms with Crippen LogP contribution in [0, 0.1) is 5.92 Å². The maximum Gasteiger partial charge on any atom is 0.223 e. The zero-order valence-electron chi connectivity index (χ0n) is 14.4. The largest absolute Gasteiger partial charge is 0.389 e. The summed E-state index contributed by atoms with van der Waals surface area (Å²) in [7, 11) is 0. The highest BCUT2D eigenvalue weighted by Crippen LogP contribution is 2.29. The van der Waals surface area contributed by atoms with Crippen molar-refractivity contribution < 1.29 is 9.90 Å². The normalized spacial score (nSPS) is 15.0. The van der Waals surface area contributed by atoms with Gasteiger partial charge in [0.25, 0.3) is 0 Å². The third kappa shape index (κ3) is 3.19. The number of hydrogen-bond donors (Lipinski definition) is 2. The lowest BCUT2D eigenvalue weighted by molar-refractivity contribution is -0.122. The third-order valence-corrected chi connectivity index (χ3v) is 4.32. The molecule has 0 bridgehead atoms. The highest BCUT2D eigenvalue weighted by atomic mass is 16.3. The van der Waals surface area contributed by atoms with Crippen LogP contribution in [0.5, 0.6) is 0 Å². The molecule has 0 spiro atoms. The Morgan fingerprint density at radius 1 is 1.36 bits per heavy atom. The number of aromatic nitrogens is 4. The van der Waals surface area contributed by atoms with E-state index in [0.717, 1.165) is 29.4 Å². The monoisotopic (exact) mass is 339 g/mol. The number of carbonyl (C=O) groups is 1. The molecule has 0 radical (unpaired) electrons. The van der Waals surface area contributed by atoms with Crippen molar-refractivity contribution in [3.8, 4) is 0 Å². The summed E-state index contributed by atoms with van der Waals surface area (Å²) in [5, 5.41) is 13.3. The first-order chi connectivity index (χ1) is 11.9. The van der Waals surface area contributed by atoms with Crippen molar-refractivity contribution in [2.45, 2.75) is 45.4 Å². The lowest BCUT2D eigenvalue weighted by atomic mass is 10.1. The topological polar surface area (TPSA) is 92.9 Å². The van der Waals surface area contributed by atoms with Gasteiger partial charge in [-0.2, -0.15) is 0 Å². The zero-order valence-corrected chi connectivity index (χ0v) is 14.4. The number of rotatable bonds is 5. The Morgan fingerprint density at radius 3 is 2.88 bits per heavy atom. The molecule has 3 aromatic rings. The van der Waals surface area contributed by atoms with Crippen molar-refractivity contribution in [2.24, 2.45) is 5.92 Å². The molecular formula is C18H21N5O2. The van der Waals surface area contributed by atoms with E-state index >= 15 is 0 Å². The highest BCUT2D eigenvalue weighted by molar-refractivity contribution is 5.99. The van der Waals surface area contributed by atoms with Crippen LogP contribution in [0.4, 0.5) is 0 Å². The van der Waals surface area contributed by atoms with Gasteiger partial charge >= 0.3 is 0 Å². The summed E-state index contributed by atoms with van der Waals surface area (Å²) in [5.41, 5.74) is 2.15. The molecule has 1 amide bonds. The fourth-order valence-corrected chi connectivity index (χ4v) is 3.02. The molecule has 1 aliphatic rings. The van der Waals surface area contributed by atoms with Gasteiger partial charge in [0.2, 0.25) is 5.91 Å². The first kappa shape index (κ1) is 16.0. The van der Waals surface area contributed by atoms with E-state index in [1.54, 1.807) is 26.2 Å². The van der Waals surface area contributed by atoms with Crippen molar-refractivity contribution in [3.05, 3.63) is 30.4 Å². The maximum atomic E-state index is 12.0. The predicted molar refractivity (Wildman–Crippen MR) is 93.7 cm³/mol. The van der Waals surface area contributed by atoms with Gasteiger partial charge in [-0.3, -0.25) is 14.8 Å². The van der Waals surface area contributed by atoms with E-state index in [9.17, 15) is 9.90 Å². The molecular weight excluding hydrogens is 318 g/mol. The molecule has 7 nitrogen and oxygen atoms in total. The third-order valence-electron chi connectivity index (χ3n) is 4.32. The fraction of sp³-hybridized carbons (Fsp3) is 0.444. The lowest BCUT2D eigenvalue weighted by Crippen LogP contribution is -2.30. The van der Waals surface area contributed by atoms with Crippen LogP contribution in [0.2, 0.25) is 0 Å². The van der Waals surface area contributed by atoms with Crippen molar-refractivity contribution in [1.82, 2.24) is 24.8 Å². The molecule has 0 aliphatic heterocycles. The summed E-state index contributed by atoms with van der Waals surface area (Å²) < 4.78 is 1.94. The fourth-order valence-electron chi connectivity index (χ4n) is 3.02. The number of carbonyl (C=O) groups excluding carboxylic acids is 1. The number of fused-ring (bicyclic) bond motifs is 3. The molecule has 1 fully saturated rings. The molecule has 0 atom stereocenters. The number of hydrogen-bond acceptors (Lipinski definition) is 5. The van der Waals surface area contributed by atoms with E-state index < -0.39 is 5.60 Å². The van der Waals surface area contributed by atoms with Crippen LogP contribution in [0.3, 0.4) is 0 Å². The zero-order chi connectivity index (χ0) is 17.6. The Morgan fingerprint density at radius 2 is 2.16 bits per heavy atom. The van der Waals surface area contributed by atoms with Crippen LogP contribution in [0.15, 0.2) is 24.5 Å². The van der Waals surface area contributed by atoms with E-state index in [4.69, 9.17) is 0 Å². The van der Waals surface area contributed by atoms with Gasteiger partial charge in [-0.1, -0.05) is 0 Å². The minimum atomic E-state index is -0.923. The average Bonchev–Trinajstić information content (AvgIpc) is 3.35. The molecule has 1 saturated carbocycles. The number of amides is 1. The molecule has 3 aromatic heterocycles. The van der Waals surface area contributed by atoms with Gasteiger partial charge in [0.15, 0.2) is 0 Å². The van der Waals surface area contributed by atoms with Crippen molar-refractivity contribution in [2.75, 3.05) is 0 Å². The summed E-state index contributed by atoms with van der Waals surface area (Å²) in [6.45, 7) is 4.19. The van der Waals surface area contributed by atoms with E-state index in [2.05, 4.69) is 20.3 Å². The minimum absolute atomic E-state index is 0.0722. The molecule has 7 heteroatoms. The maximum absolute atomic E-state index is 12.0. The highest BCUT2D eigenvalue weighted by Gasteiger charge is 2.30. The Labute approximate surface area is 145 Å². The minimum Gasteiger partial charge on any atom is -0.389 e. The number of nitrogens with one attached hydrogen (secondary N) is 1. The van der Waals surface area contributed by atoms with Crippen molar-refractivity contribution in [1.29, 1.82) is 0 Å². The van der Waals surface area contributed by atoms with Gasteiger partial charge in [-0.15, -0.1) is 0 Å². The molecule has 2 N–H and O–H groups in total.